The van der Waals surface area contributed by atoms with E-state index >= 15 is 0 Å². The average Bonchev–Trinajstić information content (AvgIpc) is 1.82. The number of amides is 1. The van der Waals surface area contributed by atoms with Crippen molar-refractivity contribution in [2.45, 2.75) is 19.6 Å². The molecule has 0 aliphatic heterocycles. The van der Waals surface area contributed by atoms with Gasteiger partial charge in [0, 0.05) is 15.9 Å². The first kappa shape index (κ1) is 8.66. The topological polar surface area (TPSA) is 61.6 Å². The smallest absolute Gasteiger partial charge is 0.406 e. The molecular weight excluding hydrogens is 141 g/mol. The number of rotatable bonds is 3. The summed E-state index contributed by atoms with van der Waals surface area (Å²) in [6.07, 6.45) is -0.760. The number of nitrogens with two attached hydrogens (primary N) is 1. The van der Waals surface area contributed by atoms with E-state index in [9.17, 15) is 4.79 Å². The van der Waals surface area contributed by atoms with E-state index in [1.165, 1.54) is 0 Å². The summed E-state index contributed by atoms with van der Waals surface area (Å²) in [6.45, 7) is 1.82. The van der Waals surface area contributed by atoms with Gasteiger partial charge < -0.3 is 15.0 Å². The first-order valence-corrected chi connectivity index (χ1v) is 2.99. The SMILES string of the molecule is CCC(OP)OC(N)=O. The minimum Gasteiger partial charge on any atom is -0.420 e. The summed E-state index contributed by atoms with van der Waals surface area (Å²) in [6, 6.07) is 0. The Labute approximate surface area is 56.0 Å². The quantitative estimate of drug-likeness (QED) is 0.475. The van der Waals surface area contributed by atoms with Crippen LogP contribution in [0.5, 0.6) is 0 Å². The molecule has 0 aromatic carbocycles. The second-order valence-electron chi connectivity index (χ2n) is 1.41. The second kappa shape index (κ2) is 4.53. The van der Waals surface area contributed by atoms with Gasteiger partial charge in [-0.2, -0.15) is 0 Å². The van der Waals surface area contributed by atoms with Crippen LogP contribution < -0.4 is 5.73 Å². The van der Waals surface area contributed by atoms with Gasteiger partial charge in [-0.25, -0.2) is 4.79 Å². The van der Waals surface area contributed by atoms with Crippen LogP contribution in [0.25, 0.3) is 0 Å². The van der Waals surface area contributed by atoms with Crippen LogP contribution in [0.1, 0.15) is 13.3 Å². The van der Waals surface area contributed by atoms with Gasteiger partial charge in [-0.05, 0) is 0 Å². The molecule has 0 bridgehead atoms. The lowest BCUT2D eigenvalue weighted by Crippen LogP contribution is -2.21. The monoisotopic (exact) mass is 151 g/mol. The van der Waals surface area contributed by atoms with Crippen LogP contribution in [-0.2, 0) is 9.26 Å². The fourth-order valence-electron chi connectivity index (χ4n) is 0.337. The van der Waals surface area contributed by atoms with Gasteiger partial charge >= 0.3 is 6.09 Å². The summed E-state index contributed by atoms with van der Waals surface area (Å²) in [5, 5.41) is 0. The van der Waals surface area contributed by atoms with Crippen molar-refractivity contribution in [1.29, 1.82) is 0 Å². The first-order chi connectivity index (χ1) is 4.20. The molecule has 0 saturated carbocycles. The molecule has 2 unspecified atom stereocenters. The molecule has 4 nitrogen and oxygen atoms in total. The van der Waals surface area contributed by atoms with Crippen LogP contribution in [0, 0.1) is 0 Å². The normalized spacial score (nSPS) is 12.7. The van der Waals surface area contributed by atoms with Crippen molar-refractivity contribution >= 4 is 15.6 Å². The zero-order valence-electron chi connectivity index (χ0n) is 5.16. The molecule has 0 aliphatic rings. The van der Waals surface area contributed by atoms with E-state index in [4.69, 9.17) is 5.73 Å². The number of carbonyl (C=O) groups excluding carboxylic acids is 1. The van der Waals surface area contributed by atoms with Gasteiger partial charge in [0.15, 0.2) is 0 Å². The van der Waals surface area contributed by atoms with Crippen LogP contribution in [0.4, 0.5) is 4.79 Å². The third-order valence-electron chi connectivity index (χ3n) is 0.733. The summed E-state index contributed by atoms with van der Waals surface area (Å²) in [7, 11) is 2.00. The highest BCUT2D eigenvalue weighted by molar-refractivity contribution is 7.09. The molecule has 0 aromatic rings. The van der Waals surface area contributed by atoms with Crippen molar-refractivity contribution in [2.24, 2.45) is 5.73 Å². The Morgan fingerprint density at radius 3 is 2.56 bits per heavy atom. The lowest BCUT2D eigenvalue weighted by Gasteiger charge is -2.10. The molecule has 54 valence electrons. The van der Waals surface area contributed by atoms with Crippen molar-refractivity contribution in [3.8, 4) is 0 Å². The molecule has 0 aliphatic carbocycles. The van der Waals surface area contributed by atoms with Gasteiger partial charge in [-0.3, -0.25) is 0 Å². The van der Waals surface area contributed by atoms with Gasteiger partial charge in [-0.15, -0.1) is 0 Å². The third-order valence-corrected chi connectivity index (χ3v) is 1.04. The highest BCUT2D eigenvalue weighted by Gasteiger charge is 2.06. The number of ether oxygens (including phenoxy) is 1. The number of carbonyl (C=O) groups is 1. The van der Waals surface area contributed by atoms with Crippen LogP contribution >= 0.6 is 9.47 Å². The lowest BCUT2D eigenvalue weighted by molar-refractivity contribution is -0.0180. The van der Waals surface area contributed by atoms with Gasteiger partial charge in [0.2, 0.25) is 6.29 Å². The summed E-state index contributed by atoms with van der Waals surface area (Å²) in [4.78, 5) is 10.0. The standard InChI is InChI=1S/C4H10NO3P/c1-2-3(8-9)7-4(5)6/h3H,2,9H2,1H3,(H2,5,6). The molecule has 0 rings (SSSR count). The minimum atomic E-state index is -0.815. The fraction of sp³-hybridized carbons (Fsp3) is 0.750. The van der Waals surface area contributed by atoms with Gasteiger partial charge in [-0.1, -0.05) is 6.92 Å². The lowest BCUT2D eigenvalue weighted by atomic mass is 10.5. The Bertz CT molecular complexity index is 93.8. The van der Waals surface area contributed by atoms with E-state index in [-0.39, 0.29) is 0 Å². The first-order valence-electron chi connectivity index (χ1n) is 2.52. The fourth-order valence-corrected chi connectivity index (χ4v) is 0.585. The van der Waals surface area contributed by atoms with Crippen LogP contribution in [-0.4, -0.2) is 12.4 Å². The summed E-state index contributed by atoms with van der Waals surface area (Å²) < 4.78 is 9.05. The van der Waals surface area contributed by atoms with E-state index in [0.29, 0.717) is 6.42 Å². The van der Waals surface area contributed by atoms with Crippen molar-refractivity contribution in [3.63, 3.8) is 0 Å². The molecule has 5 heteroatoms. The van der Waals surface area contributed by atoms with E-state index in [1.807, 2.05) is 16.4 Å². The Balaban J connectivity index is 3.43. The molecule has 0 radical (unpaired) electrons. The maximum Gasteiger partial charge on any atom is 0.406 e. The van der Waals surface area contributed by atoms with Crippen LogP contribution in [0.15, 0.2) is 0 Å². The Kier molecular flexibility index (Phi) is 4.36. The van der Waals surface area contributed by atoms with Crippen LogP contribution in [0.3, 0.4) is 0 Å². The highest BCUT2D eigenvalue weighted by Crippen LogP contribution is 2.03. The molecule has 0 aromatic heterocycles. The molecule has 0 saturated heterocycles. The predicted octanol–water partition coefficient (Wildman–Crippen LogP) is 0.625. The zero-order chi connectivity index (χ0) is 7.28. The van der Waals surface area contributed by atoms with Crippen molar-refractivity contribution in [1.82, 2.24) is 0 Å². The molecule has 9 heavy (non-hydrogen) atoms. The van der Waals surface area contributed by atoms with Crippen molar-refractivity contribution in [3.05, 3.63) is 0 Å². The van der Waals surface area contributed by atoms with Crippen LogP contribution in [0.2, 0.25) is 0 Å². The number of hydrogen-bond acceptors (Lipinski definition) is 3. The summed E-state index contributed by atoms with van der Waals surface area (Å²) in [5.74, 6) is 0. The van der Waals surface area contributed by atoms with Gasteiger partial charge in [0.1, 0.15) is 0 Å². The number of primary amides is 1. The highest BCUT2D eigenvalue weighted by atomic mass is 31.0. The minimum absolute atomic E-state index is 0.535. The van der Waals surface area contributed by atoms with Crippen molar-refractivity contribution < 1.29 is 14.1 Å². The van der Waals surface area contributed by atoms with Gasteiger partial charge in [0.05, 0.1) is 0 Å². The van der Waals surface area contributed by atoms with Crippen molar-refractivity contribution in [2.75, 3.05) is 0 Å². The Hall–Kier alpha value is -0.340. The molecule has 1 amide bonds. The predicted molar refractivity (Wildman–Crippen MR) is 35.5 cm³/mol. The maximum absolute atomic E-state index is 10.0. The molecular formula is C4H10NO3P. The zero-order valence-corrected chi connectivity index (χ0v) is 6.32. The number of hydrogen-bond donors (Lipinski definition) is 1. The van der Waals surface area contributed by atoms with E-state index < -0.39 is 12.4 Å². The molecule has 0 heterocycles. The largest absolute Gasteiger partial charge is 0.420 e. The third kappa shape index (κ3) is 4.18. The summed E-state index contributed by atoms with van der Waals surface area (Å²) >= 11 is 0. The maximum atomic E-state index is 10.0. The molecule has 0 spiro atoms. The van der Waals surface area contributed by atoms with Gasteiger partial charge in [0.25, 0.3) is 0 Å². The Morgan fingerprint density at radius 2 is 2.44 bits per heavy atom. The molecule has 2 N–H and O–H groups in total. The summed E-state index contributed by atoms with van der Waals surface area (Å²) in [5.41, 5.74) is 4.69. The Morgan fingerprint density at radius 1 is 1.89 bits per heavy atom. The second-order valence-corrected chi connectivity index (χ2v) is 1.68. The molecule has 0 fully saturated rings. The van der Waals surface area contributed by atoms with E-state index in [0.717, 1.165) is 0 Å². The molecule has 2 atom stereocenters. The van der Waals surface area contributed by atoms with E-state index in [2.05, 4.69) is 9.26 Å². The van der Waals surface area contributed by atoms with E-state index in [1.54, 1.807) is 0 Å². The average molecular weight is 151 g/mol.